The molecule has 8 heteroatoms. The van der Waals surface area contributed by atoms with E-state index >= 15 is 0 Å². The largest absolute Gasteiger partial charge is 0.467 e. The molecule has 0 aliphatic rings. The average Bonchev–Trinajstić information content (AvgIpc) is 2.90. The number of fused-ring (bicyclic) bond motifs is 1. The Morgan fingerprint density at radius 2 is 2.24 bits per heavy atom. The molecule has 0 aliphatic heterocycles. The monoisotopic (exact) mass is 291 g/mol. The Morgan fingerprint density at radius 3 is 2.90 bits per heavy atom. The van der Waals surface area contributed by atoms with Gasteiger partial charge in [0, 0.05) is 12.6 Å². The van der Waals surface area contributed by atoms with Crippen LogP contribution in [0.1, 0.15) is 19.7 Å². The number of rotatable bonds is 4. The van der Waals surface area contributed by atoms with Crippen molar-refractivity contribution < 1.29 is 14.3 Å². The van der Waals surface area contributed by atoms with Gasteiger partial charge in [-0.15, -0.1) is 0 Å². The van der Waals surface area contributed by atoms with Crippen molar-refractivity contribution in [3.05, 3.63) is 24.2 Å². The summed E-state index contributed by atoms with van der Waals surface area (Å²) in [5.74, 6) is 0.173. The summed E-state index contributed by atoms with van der Waals surface area (Å²) in [6, 6.07) is 2.22. The Hall–Kier alpha value is -2.64. The van der Waals surface area contributed by atoms with Crippen molar-refractivity contribution >= 4 is 23.3 Å². The number of carbonyl (C=O) groups excluding carboxylic acids is 2. The first-order valence-electron chi connectivity index (χ1n) is 6.54. The molecule has 2 rings (SSSR count). The molecule has 1 atom stereocenters. The molecular weight excluding hydrogens is 274 g/mol. The number of nitrogens with one attached hydrogen (secondary N) is 2. The standard InChI is InChI=1S/C13H17N5O3/c1-4-10-16-11-9(6-5-7-18(11)17-10)15-13(20)14-8(2)12(19)21-3/h5-8H,4H2,1-3H3,(H2,14,15,20). The summed E-state index contributed by atoms with van der Waals surface area (Å²) in [6.45, 7) is 3.49. The maximum Gasteiger partial charge on any atom is 0.328 e. The van der Waals surface area contributed by atoms with Crippen molar-refractivity contribution in [1.29, 1.82) is 0 Å². The third kappa shape index (κ3) is 3.28. The van der Waals surface area contributed by atoms with Crippen LogP contribution in [0.5, 0.6) is 0 Å². The van der Waals surface area contributed by atoms with Crippen LogP contribution in [0.15, 0.2) is 18.3 Å². The molecule has 0 saturated carbocycles. The first-order chi connectivity index (χ1) is 10.0. The van der Waals surface area contributed by atoms with Crippen LogP contribution in [0.2, 0.25) is 0 Å². The van der Waals surface area contributed by atoms with E-state index in [1.807, 2.05) is 6.92 Å². The summed E-state index contributed by atoms with van der Waals surface area (Å²) in [4.78, 5) is 27.5. The van der Waals surface area contributed by atoms with Gasteiger partial charge in [-0.05, 0) is 19.1 Å². The maximum atomic E-state index is 11.9. The predicted octanol–water partition coefficient (Wildman–Crippen LogP) is 0.975. The molecule has 0 saturated heterocycles. The zero-order valence-corrected chi connectivity index (χ0v) is 12.1. The molecule has 0 spiro atoms. The molecule has 0 aliphatic carbocycles. The van der Waals surface area contributed by atoms with Crippen LogP contribution in [0, 0.1) is 0 Å². The highest BCUT2D eigenvalue weighted by Crippen LogP contribution is 2.14. The molecule has 2 aromatic heterocycles. The fraction of sp³-hybridized carbons (Fsp3) is 0.385. The molecule has 0 fully saturated rings. The van der Waals surface area contributed by atoms with Gasteiger partial charge in [0.05, 0.1) is 12.8 Å². The number of methoxy groups -OCH3 is 1. The van der Waals surface area contributed by atoms with E-state index in [0.717, 1.165) is 0 Å². The van der Waals surface area contributed by atoms with Crippen molar-refractivity contribution in [1.82, 2.24) is 19.9 Å². The first kappa shape index (κ1) is 14.8. The minimum Gasteiger partial charge on any atom is -0.467 e. The average molecular weight is 291 g/mol. The summed E-state index contributed by atoms with van der Waals surface area (Å²) >= 11 is 0. The summed E-state index contributed by atoms with van der Waals surface area (Å²) < 4.78 is 6.14. The van der Waals surface area contributed by atoms with E-state index in [1.165, 1.54) is 14.0 Å². The number of carbonyl (C=O) groups is 2. The number of hydrogen-bond donors (Lipinski definition) is 2. The second kappa shape index (κ2) is 6.21. The lowest BCUT2D eigenvalue weighted by atomic mass is 10.3. The van der Waals surface area contributed by atoms with Crippen LogP contribution in [-0.4, -0.2) is 39.8 Å². The number of pyridine rings is 1. The van der Waals surface area contributed by atoms with E-state index in [1.54, 1.807) is 22.8 Å². The fourth-order valence-corrected chi connectivity index (χ4v) is 1.79. The molecule has 2 heterocycles. The number of anilines is 1. The highest BCUT2D eigenvalue weighted by molar-refractivity contribution is 5.95. The van der Waals surface area contributed by atoms with Crippen LogP contribution in [0.25, 0.3) is 5.65 Å². The topological polar surface area (TPSA) is 97.6 Å². The van der Waals surface area contributed by atoms with Crippen LogP contribution >= 0.6 is 0 Å². The van der Waals surface area contributed by atoms with Crippen LogP contribution in [0.3, 0.4) is 0 Å². The summed E-state index contributed by atoms with van der Waals surface area (Å²) in [5, 5.41) is 9.39. The molecular formula is C13H17N5O3. The Bertz CT molecular complexity index is 667. The van der Waals surface area contributed by atoms with E-state index in [9.17, 15) is 9.59 Å². The number of ether oxygens (including phenoxy) is 1. The van der Waals surface area contributed by atoms with Gasteiger partial charge in [-0.3, -0.25) is 0 Å². The zero-order valence-electron chi connectivity index (χ0n) is 12.1. The molecule has 8 nitrogen and oxygen atoms in total. The molecule has 0 aromatic carbocycles. The molecule has 0 radical (unpaired) electrons. The van der Waals surface area contributed by atoms with Crippen molar-refractivity contribution in [2.45, 2.75) is 26.3 Å². The van der Waals surface area contributed by atoms with E-state index in [0.29, 0.717) is 23.6 Å². The smallest absolute Gasteiger partial charge is 0.328 e. The third-order valence-corrected chi connectivity index (χ3v) is 2.87. The summed E-state index contributed by atoms with van der Waals surface area (Å²) in [6.07, 6.45) is 2.45. The SMILES string of the molecule is CCc1nc2c(NC(=O)NC(C)C(=O)OC)cccn2n1. The Balaban J connectivity index is 2.14. The third-order valence-electron chi connectivity index (χ3n) is 2.87. The number of amides is 2. The van der Waals surface area contributed by atoms with Gasteiger partial charge < -0.3 is 15.4 Å². The fourth-order valence-electron chi connectivity index (χ4n) is 1.79. The van der Waals surface area contributed by atoms with Crippen LogP contribution in [0.4, 0.5) is 10.5 Å². The number of nitrogens with zero attached hydrogens (tertiary/aromatic N) is 3. The van der Waals surface area contributed by atoms with Gasteiger partial charge in [-0.1, -0.05) is 6.92 Å². The zero-order chi connectivity index (χ0) is 15.4. The molecule has 112 valence electrons. The molecule has 2 aromatic rings. The van der Waals surface area contributed by atoms with Gasteiger partial charge in [-0.2, -0.15) is 5.10 Å². The highest BCUT2D eigenvalue weighted by atomic mass is 16.5. The normalized spacial score (nSPS) is 12.0. The highest BCUT2D eigenvalue weighted by Gasteiger charge is 2.16. The first-order valence-corrected chi connectivity index (χ1v) is 6.54. The van der Waals surface area contributed by atoms with E-state index in [4.69, 9.17) is 0 Å². The van der Waals surface area contributed by atoms with Crippen molar-refractivity contribution in [2.24, 2.45) is 0 Å². The lowest BCUT2D eigenvalue weighted by Gasteiger charge is -2.12. The number of esters is 1. The van der Waals surface area contributed by atoms with E-state index in [2.05, 4.69) is 25.5 Å². The Morgan fingerprint density at radius 1 is 1.48 bits per heavy atom. The number of urea groups is 1. The van der Waals surface area contributed by atoms with Crippen molar-refractivity contribution in [3.63, 3.8) is 0 Å². The summed E-state index contributed by atoms with van der Waals surface area (Å²) in [7, 11) is 1.27. The lowest BCUT2D eigenvalue weighted by molar-refractivity contribution is -0.142. The predicted molar refractivity (Wildman–Crippen MR) is 76.0 cm³/mol. The van der Waals surface area contributed by atoms with Gasteiger partial charge in [0.1, 0.15) is 6.04 Å². The van der Waals surface area contributed by atoms with Crippen LogP contribution in [-0.2, 0) is 16.0 Å². The molecule has 1 unspecified atom stereocenters. The minimum atomic E-state index is -0.737. The van der Waals surface area contributed by atoms with Crippen LogP contribution < -0.4 is 10.6 Å². The van der Waals surface area contributed by atoms with Crippen molar-refractivity contribution in [2.75, 3.05) is 12.4 Å². The Kier molecular flexibility index (Phi) is 4.36. The number of aromatic nitrogens is 3. The lowest BCUT2D eigenvalue weighted by Crippen LogP contribution is -2.41. The maximum absolute atomic E-state index is 11.9. The summed E-state index contributed by atoms with van der Waals surface area (Å²) in [5.41, 5.74) is 1.06. The van der Waals surface area contributed by atoms with Crippen molar-refractivity contribution in [3.8, 4) is 0 Å². The van der Waals surface area contributed by atoms with Gasteiger partial charge in [0.15, 0.2) is 11.5 Å². The molecule has 2 amide bonds. The quantitative estimate of drug-likeness (QED) is 0.818. The number of aryl methyl sites for hydroxylation is 1. The van der Waals surface area contributed by atoms with E-state index < -0.39 is 18.0 Å². The second-order valence-electron chi connectivity index (χ2n) is 4.41. The second-order valence-corrected chi connectivity index (χ2v) is 4.41. The van der Waals surface area contributed by atoms with Gasteiger partial charge in [-0.25, -0.2) is 19.1 Å². The van der Waals surface area contributed by atoms with Gasteiger partial charge in [0.2, 0.25) is 0 Å². The van der Waals surface area contributed by atoms with Gasteiger partial charge >= 0.3 is 12.0 Å². The molecule has 0 bridgehead atoms. The Labute approximate surface area is 121 Å². The number of hydrogen-bond acceptors (Lipinski definition) is 5. The van der Waals surface area contributed by atoms with E-state index in [-0.39, 0.29) is 0 Å². The van der Waals surface area contributed by atoms with Gasteiger partial charge in [0.25, 0.3) is 0 Å². The molecule has 21 heavy (non-hydrogen) atoms. The minimum absolute atomic E-state index is 0.512. The molecule has 2 N–H and O–H groups in total.